The first-order valence-corrected chi connectivity index (χ1v) is 8.93. The zero-order chi connectivity index (χ0) is 18.1. The number of benzene rings is 1. The predicted molar refractivity (Wildman–Crippen MR) is 92.2 cm³/mol. The Balaban J connectivity index is 1.29. The van der Waals surface area contributed by atoms with Gasteiger partial charge in [-0.1, -0.05) is 0 Å². The predicted octanol–water partition coefficient (Wildman–Crippen LogP) is 1.94. The van der Waals surface area contributed by atoms with Gasteiger partial charge >= 0.3 is 0 Å². The third-order valence-corrected chi connectivity index (χ3v) is 4.96. The number of rotatable bonds is 6. The zero-order valence-corrected chi connectivity index (χ0v) is 14.5. The number of likely N-dealkylation sites (tertiary alicyclic amines) is 1. The Morgan fingerprint density at radius 1 is 1.31 bits per heavy atom. The molecule has 2 aliphatic rings. The van der Waals surface area contributed by atoms with Gasteiger partial charge in [0.15, 0.2) is 0 Å². The van der Waals surface area contributed by atoms with Gasteiger partial charge in [0.25, 0.3) is 0 Å². The molecule has 138 valence electrons. The fraction of sp³-hybridized carbons (Fsp3) is 0.474. The molecule has 1 saturated heterocycles. The summed E-state index contributed by atoms with van der Waals surface area (Å²) in [6.07, 6.45) is 4.65. The number of nitrogens with zero attached hydrogens (tertiary/aromatic N) is 3. The number of carbonyl (C=O) groups is 1. The number of aliphatic hydroxyl groups is 1. The minimum Gasteiger partial charge on any atom is -0.491 e. The van der Waals surface area contributed by atoms with E-state index in [0.717, 1.165) is 5.69 Å². The molecule has 7 heteroatoms. The molecule has 1 aliphatic carbocycles. The number of aromatic nitrogens is 2. The summed E-state index contributed by atoms with van der Waals surface area (Å²) in [5.41, 5.74) is -0.0312. The van der Waals surface area contributed by atoms with Crippen LogP contribution in [0.4, 0.5) is 4.39 Å². The van der Waals surface area contributed by atoms with E-state index in [9.17, 15) is 14.3 Å². The van der Waals surface area contributed by atoms with Crippen LogP contribution in [0.15, 0.2) is 36.5 Å². The average molecular weight is 359 g/mol. The Morgan fingerprint density at radius 3 is 2.81 bits per heavy atom. The van der Waals surface area contributed by atoms with Gasteiger partial charge < -0.3 is 14.7 Å². The smallest absolute Gasteiger partial charge is 0.244 e. The van der Waals surface area contributed by atoms with Crippen LogP contribution in [0.5, 0.6) is 5.75 Å². The lowest BCUT2D eigenvalue weighted by Gasteiger charge is -2.23. The van der Waals surface area contributed by atoms with Gasteiger partial charge in [0.2, 0.25) is 5.91 Å². The van der Waals surface area contributed by atoms with Crippen molar-refractivity contribution in [2.75, 3.05) is 19.7 Å². The average Bonchev–Trinajstić information content (AvgIpc) is 3.25. The van der Waals surface area contributed by atoms with Gasteiger partial charge in [-0.25, -0.2) is 4.39 Å². The van der Waals surface area contributed by atoms with Gasteiger partial charge in [-0.2, -0.15) is 5.10 Å². The van der Waals surface area contributed by atoms with E-state index >= 15 is 0 Å². The third-order valence-electron chi connectivity index (χ3n) is 4.96. The third kappa shape index (κ3) is 3.88. The summed E-state index contributed by atoms with van der Waals surface area (Å²) in [5.74, 6) is 0.658. The Labute approximate surface area is 151 Å². The van der Waals surface area contributed by atoms with Gasteiger partial charge in [0, 0.05) is 18.7 Å². The van der Waals surface area contributed by atoms with Crippen molar-refractivity contribution in [2.24, 2.45) is 0 Å². The highest BCUT2D eigenvalue weighted by atomic mass is 19.1. The summed E-state index contributed by atoms with van der Waals surface area (Å²) >= 11 is 0. The lowest BCUT2D eigenvalue weighted by Crippen LogP contribution is -2.41. The highest BCUT2D eigenvalue weighted by molar-refractivity contribution is 5.76. The summed E-state index contributed by atoms with van der Waals surface area (Å²) in [5, 5.41) is 15.1. The minimum absolute atomic E-state index is 0.0619. The number of carbonyl (C=O) groups excluding carboxylic acids is 1. The van der Waals surface area contributed by atoms with E-state index in [-0.39, 0.29) is 31.4 Å². The standard InChI is InChI=1S/C19H22FN3O3/c20-15-3-5-16(6-4-15)26-13-19(25)8-10-22(12-19)18(24)11-23-9-7-17(21-23)14-1-2-14/h3-7,9,14,25H,1-2,8,10-13H2/t19-/m0/s1. The molecular weight excluding hydrogens is 337 g/mol. The van der Waals surface area contributed by atoms with Crippen LogP contribution in [0.2, 0.25) is 0 Å². The maximum absolute atomic E-state index is 12.9. The number of hydrogen-bond acceptors (Lipinski definition) is 4. The second-order valence-corrected chi connectivity index (χ2v) is 7.24. The zero-order valence-electron chi connectivity index (χ0n) is 14.5. The van der Waals surface area contributed by atoms with Crippen LogP contribution >= 0.6 is 0 Å². The van der Waals surface area contributed by atoms with E-state index in [2.05, 4.69) is 5.10 Å². The molecule has 0 spiro atoms. The number of β-amino-alcohol motifs (C(OH)–C–C–N with tert-alkyl or cyclic N) is 1. The van der Waals surface area contributed by atoms with Gasteiger partial charge in [-0.15, -0.1) is 0 Å². The molecular formula is C19H22FN3O3. The molecule has 26 heavy (non-hydrogen) atoms. The monoisotopic (exact) mass is 359 g/mol. The van der Waals surface area contributed by atoms with Crippen LogP contribution < -0.4 is 4.74 Å². The Hall–Kier alpha value is -2.41. The molecule has 4 rings (SSSR count). The summed E-state index contributed by atoms with van der Waals surface area (Å²) in [6, 6.07) is 7.63. The molecule has 2 aromatic rings. The van der Waals surface area contributed by atoms with E-state index in [0.29, 0.717) is 24.6 Å². The summed E-state index contributed by atoms with van der Waals surface area (Å²) in [7, 11) is 0. The van der Waals surface area contributed by atoms with Crippen LogP contribution in [0.25, 0.3) is 0 Å². The van der Waals surface area contributed by atoms with E-state index in [1.807, 2.05) is 12.3 Å². The normalized spacial score (nSPS) is 22.6. The Morgan fingerprint density at radius 2 is 2.08 bits per heavy atom. The van der Waals surface area contributed by atoms with Crippen LogP contribution in [-0.2, 0) is 11.3 Å². The second kappa shape index (κ2) is 6.72. The SMILES string of the molecule is O=C(Cn1ccc(C2CC2)n1)N1CC[C@@](O)(COc2ccc(F)cc2)C1. The number of amides is 1. The lowest BCUT2D eigenvalue weighted by molar-refractivity contribution is -0.132. The highest BCUT2D eigenvalue weighted by Crippen LogP contribution is 2.38. The molecule has 1 aliphatic heterocycles. The van der Waals surface area contributed by atoms with Crippen molar-refractivity contribution >= 4 is 5.91 Å². The van der Waals surface area contributed by atoms with E-state index in [1.54, 1.807) is 9.58 Å². The van der Waals surface area contributed by atoms with Gasteiger partial charge in [0.05, 0.1) is 12.2 Å². The molecule has 0 bridgehead atoms. The molecule has 1 N–H and O–H groups in total. The molecule has 6 nitrogen and oxygen atoms in total. The highest BCUT2D eigenvalue weighted by Gasteiger charge is 2.39. The van der Waals surface area contributed by atoms with E-state index in [4.69, 9.17) is 4.74 Å². The topological polar surface area (TPSA) is 67.6 Å². The summed E-state index contributed by atoms with van der Waals surface area (Å²) in [4.78, 5) is 14.1. The first kappa shape index (κ1) is 17.0. The van der Waals surface area contributed by atoms with Gasteiger partial charge in [-0.05, 0) is 49.6 Å². The first-order chi connectivity index (χ1) is 12.5. The number of halogens is 1. The molecule has 1 saturated carbocycles. The van der Waals surface area contributed by atoms with Crippen molar-refractivity contribution in [2.45, 2.75) is 37.3 Å². The van der Waals surface area contributed by atoms with Crippen molar-refractivity contribution in [3.8, 4) is 5.75 Å². The van der Waals surface area contributed by atoms with Gasteiger partial charge in [0.1, 0.15) is 30.3 Å². The number of hydrogen-bond donors (Lipinski definition) is 1. The van der Waals surface area contributed by atoms with Crippen LogP contribution in [0.3, 0.4) is 0 Å². The maximum atomic E-state index is 12.9. The summed E-state index contributed by atoms with van der Waals surface area (Å²) < 4.78 is 20.1. The molecule has 2 fully saturated rings. The first-order valence-electron chi connectivity index (χ1n) is 8.93. The van der Waals surface area contributed by atoms with Crippen LogP contribution in [0.1, 0.15) is 30.9 Å². The molecule has 1 aromatic heterocycles. The minimum atomic E-state index is -1.09. The lowest BCUT2D eigenvalue weighted by atomic mass is 10.1. The largest absolute Gasteiger partial charge is 0.491 e. The molecule has 2 heterocycles. The summed E-state index contributed by atoms with van der Waals surface area (Å²) in [6.45, 7) is 0.959. The van der Waals surface area contributed by atoms with E-state index < -0.39 is 5.60 Å². The van der Waals surface area contributed by atoms with E-state index in [1.165, 1.54) is 37.1 Å². The fourth-order valence-corrected chi connectivity index (χ4v) is 3.24. The van der Waals surface area contributed by atoms with Crippen molar-refractivity contribution in [3.63, 3.8) is 0 Å². The quantitative estimate of drug-likeness (QED) is 0.856. The molecule has 1 aromatic carbocycles. The van der Waals surface area contributed by atoms with Crippen molar-refractivity contribution in [3.05, 3.63) is 48.0 Å². The second-order valence-electron chi connectivity index (χ2n) is 7.24. The Bertz CT molecular complexity index is 788. The number of ether oxygens (including phenoxy) is 1. The maximum Gasteiger partial charge on any atom is 0.244 e. The van der Waals surface area contributed by atoms with Crippen LogP contribution in [-0.4, -0.2) is 51.0 Å². The Kier molecular flexibility index (Phi) is 4.40. The van der Waals surface area contributed by atoms with Crippen molar-refractivity contribution in [1.29, 1.82) is 0 Å². The van der Waals surface area contributed by atoms with Crippen LogP contribution in [0, 0.1) is 5.82 Å². The molecule has 0 radical (unpaired) electrons. The van der Waals surface area contributed by atoms with Crippen molar-refractivity contribution in [1.82, 2.24) is 14.7 Å². The molecule has 1 amide bonds. The molecule has 1 atom stereocenters. The van der Waals surface area contributed by atoms with Gasteiger partial charge in [-0.3, -0.25) is 9.48 Å². The van der Waals surface area contributed by atoms with Crippen molar-refractivity contribution < 1.29 is 19.0 Å². The molecule has 0 unspecified atom stereocenters. The fourth-order valence-electron chi connectivity index (χ4n) is 3.24.